The molecular weight excluding hydrogens is 261 g/mol. The van der Waals surface area contributed by atoms with Crippen molar-refractivity contribution in [2.24, 2.45) is 0 Å². The van der Waals surface area contributed by atoms with Gasteiger partial charge < -0.3 is 4.98 Å². The fourth-order valence-electron chi connectivity index (χ4n) is 1.51. The lowest BCUT2D eigenvalue weighted by Gasteiger charge is -1.99. The lowest BCUT2D eigenvalue weighted by molar-refractivity contribution is 1.40. The third-order valence-electron chi connectivity index (χ3n) is 2.20. The molecule has 0 saturated carbocycles. The van der Waals surface area contributed by atoms with Gasteiger partial charge in [-0.15, -0.1) is 0 Å². The number of fused-ring (bicyclic) bond motifs is 1. The third-order valence-corrected chi connectivity index (χ3v) is 3.05. The van der Waals surface area contributed by atoms with Crippen LogP contribution in [-0.2, 0) is 0 Å². The fraction of sp³-hybridized carbons (Fsp3) is 0.200. The number of benzene rings is 1. The van der Waals surface area contributed by atoms with Crippen molar-refractivity contribution in [2.75, 3.05) is 0 Å². The van der Waals surface area contributed by atoms with E-state index >= 15 is 0 Å². The number of halogens is 1. The highest BCUT2D eigenvalue weighted by Crippen LogP contribution is 2.25. The summed E-state index contributed by atoms with van der Waals surface area (Å²) >= 11 is 2.36. The lowest BCUT2D eigenvalue weighted by atomic mass is 10.1. The smallest absolute Gasteiger partial charge is 0.0497 e. The number of hydrogen-bond donors (Lipinski definition) is 1. The molecule has 0 aliphatic rings. The summed E-state index contributed by atoms with van der Waals surface area (Å²) in [6, 6.07) is 4.33. The number of nitrogens with one attached hydrogen (secondary N) is 1. The molecule has 0 atom stereocenters. The summed E-state index contributed by atoms with van der Waals surface area (Å²) in [4.78, 5) is 3.29. The average Bonchev–Trinajstić information content (AvgIpc) is 2.42. The van der Waals surface area contributed by atoms with Crippen LogP contribution in [0.5, 0.6) is 0 Å². The van der Waals surface area contributed by atoms with Crippen LogP contribution in [0.4, 0.5) is 0 Å². The minimum absolute atomic E-state index is 1.28. The van der Waals surface area contributed by atoms with Crippen LogP contribution in [-0.4, -0.2) is 4.98 Å². The summed E-state index contributed by atoms with van der Waals surface area (Å²) < 4.78 is 1.31. The van der Waals surface area contributed by atoms with Gasteiger partial charge >= 0.3 is 0 Å². The van der Waals surface area contributed by atoms with Gasteiger partial charge in [-0.2, -0.15) is 0 Å². The Bertz CT molecular complexity index is 429. The van der Waals surface area contributed by atoms with Gasteiger partial charge in [-0.3, -0.25) is 0 Å². The number of aromatic nitrogens is 1. The predicted molar refractivity (Wildman–Crippen MR) is 60.5 cm³/mol. The Morgan fingerprint density at radius 2 is 1.83 bits per heavy atom. The van der Waals surface area contributed by atoms with Gasteiger partial charge in [-0.05, 0) is 47.6 Å². The Morgan fingerprint density at radius 3 is 2.50 bits per heavy atom. The van der Waals surface area contributed by atoms with Gasteiger partial charge in [0.25, 0.3) is 0 Å². The molecule has 2 heteroatoms. The van der Waals surface area contributed by atoms with Gasteiger partial charge in [-0.1, -0.05) is 12.1 Å². The second-order valence-corrected chi connectivity index (χ2v) is 4.25. The van der Waals surface area contributed by atoms with E-state index in [-0.39, 0.29) is 0 Å². The highest BCUT2D eigenvalue weighted by Gasteiger charge is 2.04. The number of aryl methyl sites for hydroxylation is 2. The van der Waals surface area contributed by atoms with Crippen molar-refractivity contribution in [3.8, 4) is 0 Å². The van der Waals surface area contributed by atoms with E-state index < -0.39 is 0 Å². The van der Waals surface area contributed by atoms with Crippen LogP contribution in [0.25, 0.3) is 10.9 Å². The molecule has 1 heterocycles. The molecule has 12 heavy (non-hydrogen) atoms. The lowest BCUT2D eigenvalue weighted by Crippen LogP contribution is -1.80. The van der Waals surface area contributed by atoms with Gasteiger partial charge in [0, 0.05) is 20.7 Å². The maximum atomic E-state index is 3.29. The molecule has 0 fully saturated rings. The quantitative estimate of drug-likeness (QED) is 0.707. The monoisotopic (exact) mass is 271 g/mol. The highest BCUT2D eigenvalue weighted by molar-refractivity contribution is 14.1. The fourth-order valence-corrected chi connectivity index (χ4v) is 2.36. The van der Waals surface area contributed by atoms with E-state index in [4.69, 9.17) is 0 Å². The summed E-state index contributed by atoms with van der Waals surface area (Å²) in [5.74, 6) is 0. The van der Waals surface area contributed by atoms with Crippen molar-refractivity contribution in [3.05, 3.63) is 33.0 Å². The first kappa shape index (κ1) is 8.10. The molecule has 1 nitrogen and oxygen atoms in total. The van der Waals surface area contributed by atoms with Crippen LogP contribution in [0.1, 0.15) is 11.1 Å². The summed E-state index contributed by atoms with van der Waals surface area (Å²) in [5, 5.41) is 1.37. The SMILES string of the molecule is Cc1ccc(C)c2c(I)c[nH]c12. The van der Waals surface area contributed by atoms with Gasteiger partial charge in [0.15, 0.2) is 0 Å². The van der Waals surface area contributed by atoms with Crippen LogP contribution in [0, 0.1) is 17.4 Å². The second kappa shape index (κ2) is 2.76. The molecular formula is C10H10IN. The topological polar surface area (TPSA) is 15.8 Å². The number of H-pyrrole nitrogens is 1. The maximum absolute atomic E-state index is 3.29. The third kappa shape index (κ3) is 1.05. The van der Waals surface area contributed by atoms with Crippen molar-refractivity contribution in [2.45, 2.75) is 13.8 Å². The summed E-state index contributed by atoms with van der Waals surface area (Å²) in [6.45, 7) is 4.28. The average molecular weight is 271 g/mol. The molecule has 0 aliphatic carbocycles. The van der Waals surface area contributed by atoms with E-state index in [0.717, 1.165) is 0 Å². The Kier molecular flexibility index (Phi) is 1.87. The molecule has 0 spiro atoms. The van der Waals surface area contributed by atoms with E-state index in [2.05, 4.69) is 59.8 Å². The Morgan fingerprint density at radius 1 is 1.17 bits per heavy atom. The number of hydrogen-bond acceptors (Lipinski definition) is 0. The van der Waals surface area contributed by atoms with Gasteiger partial charge in [0.2, 0.25) is 0 Å². The van der Waals surface area contributed by atoms with E-state index in [0.29, 0.717) is 0 Å². The summed E-state index contributed by atoms with van der Waals surface area (Å²) in [6.07, 6.45) is 2.06. The Hall–Kier alpha value is -0.510. The van der Waals surface area contributed by atoms with Crippen molar-refractivity contribution in [1.29, 1.82) is 0 Å². The molecule has 0 aliphatic heterocycles. The normalized spacial score (nSPS) is 10.9. The zero-order valence-corrected chi connectivity index (χ0v) is 9.27. The van der Waals surface area contributed by atoms with Gasteiger partial charge in [-0.25, -0.2) is 0 Å². The van der Waals surface area contributed by atoms with Gasteiger partial charge in [0.05, 0.1) is 0 Å². The van der Waals surface area contributed by atoms with Crippen molar-refractivity contribution < 1.29 is 0 Å². The molecule has 0 radical (unpaired) electrons. The zero-order chi connectivity index (χ0) is 8.72. The zero-order valence-electron chi connectivity index (χ0n) is 7.11. The molecule has 0 unspecified atom stereocenters. The van der Waals surface area contributed by atoms with Crippen LogP contribution in [0.3, 0.4) is 0 Å². The molecule has 0 bridgehead atoms. The minimum atomic E-state index is 1.28. The molecule has 62 valence electrons. The molecule has 0 amide bonds. The largest absolute Gasteiger partial charge is 0.360 e. The number of rotatable bonds is 0. The predicted octanol–water partition coefficient (Wildman–Crippen LogP) is 3.39. The van der Waals surface area contributed by atoms with Crippen LogP contribution in [0.15, 0.2) is 18.3 Å². The standard InChI is InChI=1S/C10H10IN/c1-6-3-4-7(2)10-9(6)8(11)5-12-10/h3-5,12H,1-2H3. The second-order valence-electron chi connectivity index (χ2n) is 3.09. The van der Waals surface area contributed by atoms with E-state index in [1.54, 1.807) is 0 Å². The van der Waals surface area contributed by atoms with Crippen molar-refractivity contribution >= 4 is 33.5 Å². The van der Waals surface area contributed by atoms with Crippen LogP contribution in [0.2, 0.25) is 0 Å². The molecule has 1 aromatic heterocycles. The van der Waals surface area contributed by atoms with Gasteiger partial charge in [0.1, 0.15) is 0 Å². The van der Waals surface area contributed by atoms with E-state index in [1.165, 1.54) is 25.6 Å². The van der Waals surface area contributed by atoms with Crippen LogP contribution < -0.4 is 0 Å². The first-order valence-electron chi connectivity index (χ1n) is 3.93. The van der Waals surface area contributed by atoms with E-state index in [1.807, 2.05) is 0 Å². The minimum Gasteiger partial charge on any atom is -0.360 e. The molecule has 1 aromatic carbocycles. The van der Waals surface area contributed by atoms with E-state index in [9.17, 15) is 0 Å². The maximum Gasteiger partial charge on any atom is 0.0497 e. The van der Waals surface area contributed by atoms with Crippen LogP contribution >= 0.6 is 22.6 Å². The molecule has 0 saturated heterocycles. The molecule has 2 rings (SSSR count). The highest BCUT2D eigenvalue weighted by atomic mass is 127. The molecule has 1 N–H and O–H groups in total. The van der Waals surface area contributed by atoms with Crippen molar-refractivity contribution in [1.82, 2.24) is 4.98 Å². The first-order chi connectivity index (χ1) is 5.70. The molecule has 2 aromatic rings. The number of aromatic amines is 1. The Labute approximate surface area is 85.3 Å². The Balaban J connectivity index is 2.98. The summed E-state index contributed by atoms with van der Waals surface area (Å²) in [5.41, 5.74) is 3.94. The first-order valence-corrected chi connectivity index (χ1v) is 5.01. The van der Waals surface area contributed by atoms with Crippen molar-refractivity contribution in [3.63, 3.8) is 0 Å². The summed E-state index contributed by atoms with van der Waals surface area (Å²) in [7, 11) is 0.